The SMILES string of the molecule is O=C1CCC(=O)N1n1cnc2ccccc2c1=O. The first-order valence-electron chi connectivity index (χ1n) is 5.51. The molecule has 0 unspecified atom stereocenters. The number of imide groups is 1. The van der Waals surface area contributed by atoms with E-state index in [1.165, 1.54) is 6.33 Å². The Morgan fingerprint density at radius 3 is 2.39 bits per heavy atom. The normalized spacial score (nSPS) is 15.7. The van der Waals surface area contributed by atoms with Crippen molar-refractivity contribution in [2.24, 2.45) is 0 Å². The highest BCUT2D eigenvalue weighted by molar-refractivity contribution is 6.14. The summed E-state index contributed by atoms with van der Waals surface area (Å²) in [5.74, 6) is -0.752. The van der Waals surface area contributed by atoms with Gasteiger partial charge in [0.25, 0.3) is 5.56 Å². The van der Waals surface area contributed by atoms with Crippen molar-refractivity contribution in [1.82, 2.24) is 9.66 Å². The fourth-order valence-corrected chi connectivity index (χ4v) is 2.01. The van der Waals surface area contributed by atoms with Crippen molar-refractivity contribution >= 4 is 22.7 Å². The van der Waals surface area contributed by atoms with Gasteiger partial charge in [-0.25, -0.2) is 4.98 Å². The van der Waals surface area contributed by atoms with Gasteiger partial charge >= 0.3 is 0 Å². The van der Waals surface area contributed by atoms with Crippen LogP contribution >= 0.6 is 0 Å². The number of amides is 2. The first-order chi connectivity index (χ1) is 8.68. The second kappa shape index (κ2) is 3.76. The van der Waals surface area contributed by atoms with Crippen LogP contribution in [0.25, 0.3) is 10.9 Å². The fraction of sp³-hybridized carbons (Fsp3) is 0.167. The van der Waals surface area contributed by atoms with Crippen LogP contribution in [0.3, 0.4) is 0 Å². The van der Waals surface area contributed by atoms with E-state index < -0.39 is 5.56 Å². The average molecular weight is 243 g/mol. The number of carbonyl (C=O) groups excluding carboxylic acids is 2. The molecule has 1 aromatic carbocycles. The standard InChI is InChI=1S/C12H9N3O3/c16-10-5-6-11(17)15(10)14-7-13-9-4-2-1-3-8(9)12(14)18/h1-4,7H,5-6H2. The molecule has 6 heteroatoms. The fourth-order valence-electron chi connectivity index (χ4n) is 2.01. The first kappa shape index (κ1) is 10.6. The number of fused-ring (bicyclic) bond motifs is 1. The molecule has 1 aromatic heterocycles. The van der Waals surface area contributed by atoms with Gasteiger partial charge in [-0.2, -0.15) is 9.69 Å². The smallest absolute Gasteiger partial charge is 0.272 e. The van der Waals surface area contributed by atoms with Crippen LogP contribution in [0, 0.1) is 0 Å². The van der Waals surface area contributed by atoms with Gasteiger partial charge in [0.05, 0.1) is 10.9 Å². The topological polar surface area (TPSA) is 72.3 Å². The highest BCUT2D eigenvalue weighted by Crippen LogP contribution is 2.11. The van der Waals surface area contributed by atoms with Crippen molar-refractivity contribution < 1.29 is 9.59 Å². The van der Waals surface area contributed by atoms with Crippen molar-refractivity contribution in [3.05, 3.63) is 40.9 Å². The molecule has 0 aliphatic carbocycles. The van der Waals surface area contributed by atoms with Crippen LogP contribution in [0.2, 0.25) is 0 Å². The van der Waals surface area contributed by atoms with Crippen molar-refractivity contribution in [2.75, 3.05) is 5.01 Å². The Balaban J connectivity index is 2.25. The lowest BCUT2D eigenvalue weighted by Gasteiger charge is -2.15. The molecule has 2 heterocycles. The van der Waals surface area contributed by atoms with Crippen LogP contribution in [0.4, 0.5) is 0 Å². The molecule has 2 aromatic rings. The molecule has 1 aliphatic heterocycles. The zero-order valence-corrected chi connectivity index (χ0v) is 9.37. The molecule has 1 saturated heterocycles. The molecule has 18 heavy (non-hydrogen) atoms. The van der Waals surface area contributed by atoms with Gasteiger partial charge < -0.3 is 0 Å². The summed E-state index contributed by atoms with van der Waals surface area (Å²) in [7, 11) is 0. The molecule has 0 atom stereocenters. The summed E-state index contributed by atoms with van der Waals surface area (Å²) >= 11 is 0. The molecular formula is C12H9N3O3. The molecule has 6 nitrogen and oxygen atoms in total. The third kappa shape index (κ3) is 1.42. The Bertz CT molecular complexity index is 704. The minimum Gasteiger partial charge on any atom is -0.272 e. The monoisotopic (exact) mass is 243 g/mol. The average Bonchev–Trinajstić information content (AvgIpc) is 2.71. The van der Waals surface area contributed by atoms with Crippen LogP contribution in [0.1, 0.15) is 12.8 Å². The van der Waals surface area contributed by atoms with E-state index in [4.69, 9.17) is 0 Å². The van der Waals surface area contributed by atoms with Crippen molar-refractivity contribution in [3.8, 4) is 0 Å². The number of hydrogen-bond acceptors (Lipinski definition) is 4. The van der Waals surface area contributed by atoms with E-state index in [2.05, 4.69) is 4.98 Å². The van der Waals surface area contributed by atoms with Gasteiger partial charge in [-0.3, -0.25) is 14.4 Å². The lowest BCUT2D eigenvalue weighted by molar-refractivity contribution is -0.123. The van der Waals surface area contributed by atoms with E-state index in [1.54, 1.807) is 24.3 Å². The maximum Gasteiger partial charge on any atom is 0.280 e. The lowest BCUT2D eigenvalue weighted by Crippen LogP contribution is -2.45. The van der Waals surface area contributed by atoms with Crippen molar-refractivity contribution in [1.29, 1.82) is 0 Å². The van der Waals surface area contributed by atoms with Gasteiger partial charge in [-0.05, 0) is 12.1 Å². The number of aromatic nitrogens is 2. The highest BCUT2D eigenvalue weighted by Gasteiger charge is 2.31. The minimum absolute atomic E-state index is 0.137. The van der Waals surface area contributed by atoms with Crippen LogP contribution < -0.4 is 10.6 Å². The maximum atomic E-state index is 12.2. The number of rotatable bonds is 1. The number of hydrogen-bond donors (Lipinski definition) is 0. The summed E-state index contributed by atoms with van der Waals surface area (Å²) in [5, 5.41) is 1.24. The predicted molar refractivity (Wildman–Crippen MR) is 63.5 cm³/mol. The molecule has 0 spiro atoms. The molecular weight excluding hydrogens is 234 g/mol. The van der Waals surface area contributed by atoms with E-state index in [0.29, 0.717) is 10.9 Å². The van der Waals surface area contributed by atoms with E-state index in [0.717, 1.165) is 9.69 Å². The second-order valence-corrected chi connectivity index (χ2v) is 4.01. The maximum absolute atomic E-state index is 12.2. The third-order valence-electron chi connectivity index (χ3n) is 2.89. The number of para-hydroxylation sites is 1. The molecule has 3 rings (SSSR count). The zero-order valence-electron chi connectivity index (χ0n) is 9.37. The molecule has 1 aliphatic rings. The van der Waals surface area contributed by atoms with Crippen LogP contribution in [-0.2, 0) is 9.59 Å². The van der Waals surface area contributed by atoms with E-state index in [9.17, 15) is 14.4 Å². The van der Waals surface area contributed by atoms with Crippen LogP contribution in [-0.4, -0.2) is 21.5 Å². The van der Waals surface area contributed by atoms with Crippen LogP contribution in [0.5, 0.6) is 0 Å². The van der Waals surface area contributed by atoms with Gasteiger partial charge in [0.1, 0.15) is 6.33 Å². The Morgan fingerprint density at radius 1 is 1.00 bits per heavy atom. The second-order valence-electron chi connectivity index (χ2n) is 4.01. The Labute approximate surface area is 101 Å². The van der Waals surface area contributed by atoms with Crippen LogP contribution in [0.15, 0.2) is 35.4 Å². The molecule has 2 amide bonds. The Morgan fingerprint density at radius 2 is 1.67 bits per heavy atom. The number of benzene rings is 1. The summed E-state index contributed by atoms with van der Waals surface area (Å²) in [5.41, 5.74) is 0.127. The molecule has 90 valence electrons. The molecule has 0 saturated carbocycles. The van der Waals surface area contributed by atoms with Gasteiger partial charge in [0.15, 0.2) is 0 Å². The molecule has 0 bridgehead atoms. The first-order valence-corrected chi connectivity index (χ1v) is 5.51. The Hall–Kier alpha value is -2.50. The molecule has 0 radical (unpaired) electrons. The molecule has 0 N–H and O–H groups in total. The van der Waals surface area contributed by atoms with E-state index in [1.807, 2.05) is 0 Å². The van der Waals surface area contributed by atoms with Gasteiger partial charge in [0.2, 0.25) is 11.8 Å². The van der Waals surface area contributed by atoms with Gasteiger partial charge in [0, 0.05) is 12.8 Å². The van der Waals surface area contributed by atoms with Gasteiger partial charge in [-0.15, -0.1) is 0 Å². The summed E-state index contributed by atoms with van der Waals surface area (Å²) in [6.07, 6.45) is 1.49. The summed E-state index contributed by atoms with van der Waals surface area (Å²) in [6, 6.07) is 6.80. The summed E-state index contributed by atoms with van der Waals surface area (Å²) in [6.45, 7) is 0. The molecule has 1 fully saturated rings. The largest absolute Gasteiger partial charge is 0.280 e. The Kier molecular flexibility index (Phi) is 2.22. The lowest BCUT2D eigenvalue weighted by atomic mass is 10.2. The predicted octanol–water partition coefficient (Wildman–Crippen LogP) is 0.181. The van der Waals surface area contributed by atoms with Gasteiger partial charge in [-0.1, -0.05) is 12.1 Å². The summed E-state index contributed by atoms with van der Waals surface area (Å²) in [4.78, 5) is 39.4. The summed E-state index contributed by atoms with van der Waals surface area (Å²) < 4.78 is 0.986. The van der Waals surface area contributed by atoms with Crippen molar-refractivity contribution in [3.63, 3.8) is 0 Å². The zero-order chi connectivity index (χ0) is 12.7. The number of nitrogens with zero attached hydrogens (tertiary/aromatic N) is 3. The van der Waals surface area contributed by atoms with E-state index in [-0.39, 0.29) is 24.7 Å². The van der Waals surface area contributed by atoms with E-state index >= 15 is 0 Å². The quantitative estimate of drug-likeness (QED) is 0.670. The number of carbonyl (C=O) groups is 2. The van der Waals surface area contributed by atoms with Crippen molar-refractivity contribution in [2.45, 2.75) is 12.8 Å². The highest BCUT2D eigenvalue weighted by atomic mass is 16.2. The third-order valence-corrected chi connectivity index (χ3v) is 2.89. The minimum atomic E-state index is -0.413.